The highest BCUT2D eigenvalue weighted by atomic mass is 16.6. The summed E-state index contributed by atoms with van der Waals surface area (Å²) >= 11 is 0. The number of benzene rings is 1. The minimum absolute atomic E-state index is 0.238. The first-order valence-electron chi connectivity index (χ1n) is 5.93. The van der Waals surface area contributed by atoms with Crippen molar-refractivity contribution in [1.82, 2.24) is 5.32 Å². The second kappa shape index (κ2) is 5.60. The van der Waals surface area contributed by atoms with Gasteiger partial charge in [-0.15, -0.1) is 0 Å². The van der Waals surface area contributed by atoms with Gasteiger partial charge in [0.1, 0.15) is 11.8 Å². The van der Waals surface area contributed by atoms with Crippen LogP contribution < -0.4 is 10.1 Å². The number of nitrogens with one attached hydrogen (secondary N) is 1. The van der Waals surface area contributed by atoms with Gasteiger partial charge in [0.2, 0.25) is 6.10 Å². The maximum atomic E-state index is 11.7. The van der Waals surface area contributed by atoms with E-state index in [1.807, 2.05) is 0 Å². The third kappa shape index (κ3) is 2.78. The molecule has 0 saturated carbocycles. The summed E-state index contributed by atoms with van der Waals surface area (Å²) in [6, 6.07) is 6.50. The molecule has 1 aromatic rings. The molecule has 1 saturated heterocycles. The fraction of sp³-hybridized carbons (Fsp3) is 0.385. The molecule has 0 aromatic heterocycles. The highest BCUT2D eigenvalue weighted by molar-refractivity contribution is 5.83. The first-order chi connectivity index (χ1) is 9.15. The lowest BCUT2D eigenvalue weighted by molar-refractivity contribution is -0.152. The van der Waals surface area contributed by atoms with Gasteiger partial charge in [0.05, 0.1) is 13.7 Å². The molecule has 1 aliphatic rings. The van der Waals surface area contributed by atoms with E-state index in [0.29, 0.717) is 5.75 Å². The van der Waals surface area contributed by atoms with Gasteiger partial charge in [-0.3, -0.25) is 0 Å². The third-order valence-electron chi connectivity index (χ3n) is 2.80. The van der Waals surface area contributed by atoms with Crippen molar-refractivity contribution >= 4 is 12.1 Å². The van der Waals surface area contributed by atoms with E-state index in [1.54, 1.807) is 38.3 Å². The van der Waals surface area contributed by atoms with E-state index in [-0.39, 0.29) is 6.61 Å². The van der Waals surface area contributed by atoms with Crippen LogP contribution in [0.15, 0.2) is 24.3 Å². The Kier molecular flexibility index (Phi) is 3.89. The SMILES string of the molecule is CCOC(=O)[C@H]1OC(=O)N[C@H]1c1ccc(OC)cc1. The molecule has 2 atom stereocenters. The van der Waals surface area contributed by atoms with Gasteiger partial charge in [0, 0.05) is 0 Å². The average Bonchev–Trinajstić information content (AvgIpc) is 2.81. The summed E-state index contributed by atoms with van der Waals surface area (Å²) in [6.07, 6.45) is -1.58. The quantitative estimate of drug-likeness (QED) is 0.833. The smallest absolute Gasteiger partial charge is 0.408 e. The number of amides is 1. The maximum absolute atomic E-state index is 11.7. The Bertz CT molecular complexity index is 470. The molecular formula is C13H15NO5. The van der Waals surface area contributed by atoms with E-state index in [9.17, 15) is 9.59 Å². The predicted octanol–water partition coefficient (Wildman–Crippen LogP) is 1.41. The molecule has 1 aliphatic heterocycles. The largest absolute Gasteiger partial charge is 0.497 e. The molecular weight excluding hydrogens is 250 g/mol. The van der Waals surface area contributed by atoms with E-state index in [1.165, 1.54) is 0 Å². The van der Waals surface area contributed by atoms with Gasteiger partial charge in [-0.1, -0.05) is 12.1 Å². The van der Waals surface area contributed by atoms with Crippen LogP contribution in [0.25, 0.3) is 0 Å². The molecule has 1 fully saturated rings. The summed E-state index contributed by atoms with van der Waals surface area (Å²) in [7, 11) is 1.57. The molecule has 0 spiro atoms. The van der Waals surface area contributed by atoms with Crippen molar-refractivity contribution in [2.24, 2.45) is 0 Å². The summed E-state index contributed by atoms with van der Waals surface area (Å²) in [5, 5.41) is 2.59. The first kappa shape index (κ1) is 13.2. The molecule has 19 heavy (non-hydrogen) atoms. The standard InChI is InChI=1S/C13H15NO5/c1-3-18-12(15)11-10(14-13(16)19-11)8-4-6-9(17-2)7-5-8/h4-7,10-11H,3H2,1-2H3,(H,14,16)/t10-,11-/m0/s1. The van der Waals surface area contributed by atoms with Crippen molar-refractivity contribution in [3.05, 3.63) is 29.8 Å². The zero-order valence-electron chi connectivity index (χ0n) is 10.7. The predicted molar refractivity (Wildman–Crippen MR) is 65.8 cm³/mol. The number of carbonyl (C=O) groups excluding carboxylic acids is 2. The van der Waals surface area contributed by atoms with Crippen LogP contribution in [0.2, 0.25) is 0 Å². The molecule has 1 amide bonds. The van der Waals surface area contributed by atoms with Crippen LogP contribution in [0.3, 0.4) is 0 Å². The summed E-state index contributed by atoms with van der Waals surface area (Å²) < 4.78 is 14.9. The Morgan fingerprint density at radius 3 is 2.63 bits per heavy atom. The highest BCUT2D eigenvalue weighted by Crippen LogP contribution is 2.27. The Morgan fingerprint density at radius 2 is 2.05 bits per heavy atom. The van der Waals surface area contributed by atoms with Gasteiger partial charge < -0.3 is 19.5 Å². The molecule has 6 nitrogen and oxygen atoms in total. The van der Waals surface area contributed by atoms with Crippen LogP contribution >= 0.6 is 0 Å². The van der Waals surface area contributed by atoms with Crippen molar-refractivity contribution in [3.8, 4) is 5.75 Å². The Hall–Kier alpha value is -2.24. The molecule has 0 radical (unpaired) electrons. The maximum Gasteiger partial charge on any atom is 0.408 e. The molecule has 6 heteroatoms. The number of carbonyl (C=O) groups is 2. The van der Waals surface area contributed by atoms with Gasteiger partial charge in [0.25, 0.3) is 0 Å². The van der Waals surface area contributed by atoms with Crippen molar-refractivity contribution in [3.63, 3.8) is 0 Å². The van der Waals surface area contributed by atoms with Crippen LogP contribution in [0.5, 0.6) is 5.75 Å². The van der Waals surface area contributed by atoms with Crippen molar-refractivity contribution in [2.75, 3.05) is 13.7 Å². The molecule has 1 heterocycles. The zero-order valence-corrected chi connectivity index (χ0v) is 10.7. The first-order valence-corrected chi connectivity index (χ1v) is 5.93. The van der Waals surface area contributed by atoms with Gasteiger partial charge >= 0.3 is 12.1 Å². The second-order valence-corrected chi connectivity index (χ2v) is 3.97. The summed E-state index contributed by atoms with van der Waals surface area (Å²) in [5.41, 5.74) is 0.754. The van der Waals surface area contributed by atoms with E-state index < -0.39 is 24.2 Å². The summed E-state index contributed by atoms with van der Waals surface area (Å²) in [5.74, 6) is 0.142. The van der Waals surface area contributed by atoms with E-state index in [4.69, 9.17) is 14.2 Å². The molecule has 0 bridgehead atoms. The number of esters is 1. The van der Waals surface area contributed by atoms with Gasteiger partial charge in [-0.25, -0.2) is 9.59 Å². The number of cyclic esters (lactones) is 1. The topological polar surface area (TPSA) is 73.9 Å². The number of ether oxygens (including phenoxy) is 3. The summed E-state index contributed by atoms with van der Waals surface area (Å²) in [6.45, 7) is 1.94. The average molecular weight is 265 g/mol. The normalized spacial score (nSPS) is 21.5. The molecule has 0 aliphatic carbocycles. The minimum atomic E-state index is -0.958. The number of rotatable bonds is 4. The van der Waals surface area contributed by atoms with Crippen LogP contribution in [-0.4, -0.2) is 31.9 Å². The second-order valence-electron chi connectivity index (χ2n) is 3.97. The molecule has 1 aromatic carbocycles. The fourth-order valence-electron chi connectivity index (χ4n) is 1.90. The van der Waals surface area contributed by atoms with Gasteiger partial charge in [0.15, 0.2) is 0 Å². The van der Waals surface area contributed by atoms with Crippen molar-refractivity contribution in [1.29, 1.82) is 0 Å². The van der Waals surface area contributed by atoms with E-state index in [0.717, 1.165) is 5.56 Å². The van der Waals surface area contributed by atoms with E-state index >= 15 is 0 Å². The van der Waals surface area contributed by atoms with Crippen LogP contribution in [0, 0.1) is 0 Å². The van der Waals surface area contributed by atoms with Crippen molar-refractivity contribution < 1.29 is 23.8 Å². The summed E-state index contributed by atoms with van der Waals surface area (Å²) in [4.78, 5) is 23.0. The van der Waals surface area contributed by atoms with Crippen LogP contribution in [0.1, 0.15) is 18.5 Å². The molecule has 1 N–H and O–H groups in total. The molecule has 102 valence electrons. The zero-order chi connectivity index (χ0) is 13.8. The number of hydrogen-bond donors (Lipinski definition) is 1. The number of methoxy groups -OCH3 is 1. The fourth-order valence-corrected chi connectivity index (χ4v) is 1.90. The third-order valence-corrected chi connectivity index (χ3v) is 2.80. The highest BCUT2D eigenvalue weighted by Gasteiger charge is 2.41. The Morgan fingerprint density at radius 1 is 1.37 bits per heavy atom. The van der Waals surface area contributed by atoms with E-state index in [2.05, 4.69) is 5.32 Å². The lowest BCUT2D eigenvalue weighted by Crippen LogP contribution is -2.30. The number of hydrogen-bond acceptors (Lipinski definition) is 5. The van der Waals surface area contributed by atoms with Gasteiger partial charge in [-0.05, 0) is 24.6 Å². The Balaban J connectivity index is 2.19. The molecule has 0 unspecified atom stereocenters. The lowest BCUT2D eigenvalue weighted by Gasteiger charge is -2.16. The van der Waals surface area contributed by atoms with Gasteiger partial charge in [-0.2, -0.15) is 0 Å². The van der Waals surface area contributed by atoms with Crippen LogP contribution in [-0.2, 0) is 14.3 Å². The van der Waals surface area contributed by atoms with Crippen molar-refractivity contribution in [2.45, 2.75) is 19.1 Å². The molecule has 2 rings (SSSR count). The lowest BCUT2D eigenvalue weighted by atomic mass is 10.0. The number of alkyl carbamates (subject to hydrolysis) is 1. The van der Waals surface area contributed by atoms with Crippen LogP contribution in [0.4, 0.5) is 4.79 Å². The Labute approximate surface area is 110 Å². The minimum Gasteiger partial charge on any atom is -0.497 e. The monoisotopic (exact) mass is 265 g/mol.